The molecule has 0 radical (unpaired) electrons. The average Bonchev–Trinajstić information content (AvgIpc) is 2.94. The van der Waals surface area contributed by atoms with E-state index in [1.54, 1.807) is 22.8 Å². The predicted octanol–water partition coefficient (Wildman–Crippen LogP) is 2.07. The van der Waals surface area contributed by atoms with Gasteiger partial charge in [0.05, 0.1) is 6.20 Å². The van der Waals surface area contributed by atoms with Gasteiger partial charge < -0.3 is 5.32 Å². The SMILES string of the molecule is N#Cc1cnn2cc(CNCCc3cccc(F)c3)cnc12. The molecule has 2 aromatic heterocycles. The topological polar surface area (TPSA) is 66.0 Å². The summed E-state index contributed by atoms with van der Waals surface area (Å²) in [5.74, 6) is -0.209. The minimum atomic E-state index is -0.209. The summed E-state index contributed by atoms with van der Waals surface area (Å²) in [6, 6.07) is 8.66. The molecule has 110 valence electrons. The Morgan fingerprint density at radius 1 is 1.27 bits per heavy atom. The minimum Gasteiger partial charge on any atom is -0.312 e. The van der Waals surface area contributed by atoms with Crippen LogP contribution in [0, 0.1) is 17.1 Å². The summed E-state index contributed by atoms with van der Waals surface area (Å²) in [6.07, 6.45) is 5.84. The molecule has 0 aliphatic heterocycles. The van der Waals surface area contributed by atoms with Crippen molar-refractivity contribution in [1.29, 1.82) is 5.26 Å². The number of rotatable bonds is 5. The van der Waals surface area contributed by atoms with Crippen molar-refractivity contribution in [3.8, 4) is 6.07 Å². The van der Waals surface area contributed by atoms with E-state index in [4.69, 9.17) is 5.26 Å². The highest BCUT2D eigenvalue weighted by Gasteiger charge is 2.05. The lowest BCUT2D eigenvalue weighted by molar-refractivity contribution is 0.622. The maximum atomic E-state index is 13.1. The van der Waals surface area contributed by atoms with E-state index in [-0.39, 0.29) is 5.82 Å². The molecule has 0 unspecified atom stereocenters. The molecule has 0 saturated heterocycles. The van der Waals surface area contributed by atoms with Crippen molar-refractivity contribution >= 4 is 5.65 Å². The van der Waals surface area contributed by atoms with Crippen LogP contribution in [0.1, 0.15) is 16.7 Å². The van der Waals surface area contributed by atoms with E-state index in [9.17, 15) is 4.39 Å². The molecular weight excluding hydrogens is 281 g/mol. The first-order valence-corrected chi connectivity index (χ1v) is 6.94. The summed E-state index contributed by atoms with van der Waals surface area (Å²) in [5, 5.41) is 16.3. The molecule has 0 aliphatic carbocycles. The van der Waals surface area contributed by atoms with Crippen LogP contribution >= 0.6 is 0 Å². The van der Waals surface area contributed by atoms with Gasteiger partial charge in [-0.25, -0.2) is 13.9 Å². The second-order valence-corrected chi connectivity index (χ2v) is 4.96. The number of aromatic nitrogens is 3. The van der Waals surface area contributed by atoms with Gasteiger partial charge in [-0.1, -0.05) is 12.1 Å². The maximum Gasteiger partial charge on any atom is 0.172 e. The van der Waals surface area contributed by atoms with Gasteiger partial charge in [-0.05, 0) is 30.7 Å². The number of benzene rings is 1. The zero-order valence-electron chi connectivity index (χ0n) is 11.8. The van der Waals surface area contributed by atoms with E-state index in [0.29, 0.717) is 17.8 Å². The molecule has 0 spiro atoms. The molecule has 22 heavy (non-hydrogen) atoms. The summed E-state index contributed by atoms with van der Waals surface area (Å²) in [4.78, 5) is 4.25. The standard InChI is InChI=1S/C16H14FN5/c17-15-3-1-2-12(6-15)4-5-19-8-13-9-20-16-14(7-18)10-21-22(16)11-13/h1-3,6,9-11,19H,4-5,8H2. The first-order chi connectivity index (χ1) is 10.8. The smallest absolute Gasteiger partial charge is 0.172 e. The van der Waals surface area contributed by atoms with Crippen molar-refractivity contribution in [2.75, 3.05) is 6.54 Å². The molecule has 0 fully saturated rings. The summed E-state index contributed by atoms with van der Waals surface area (Å²) in [6.45, 7) is 1.38. The third-order valence-electron chi connectivity index (χ3n) is 3.34. The van der Waals surface area contributed by atoms with Crippen LogP contribution in [0.2, 0.25) is 0 Å². The van der Waals surface area contributed by atoms with Gasteiger partial charge in [-0.15, -0.1) is 0 Å². The first-order valence-electron chi connectivity index (χ1n) is 6.94. The number of hydrogen-bond acceptors (Lipinski definition) is 4. The Morgan fingerprint density at radius 3 is 3.00 bits per heavy atom. The molecule has 0 amide bonds. The van der Waals surface area contributed by atoms with E-state index in [2.05, 4.69) is 21.5 Å². The van der Waals surface area contributed by atoms with Crippen LogP contribution in [0.4, 0.5) is 4.39 Å². The lowest BCUT2D eigenvalue weighted by Gasteiger charge is -2.05. The van der Waals surface area contributed by atoms with Crippen LogP contribution < -0.4 is 5.32 Å². The van der Waals surface area contributed by atoms with Gasteiger partial charge in [0.15, 0.2) is 5.65 Å². The van der Waals surface area contributed by atoms with E-state index >= 15 is 0 Å². The minimum absolute atomic E-state index is 0.209. The summed E-state index contributed by atoms with van der Waals surface area (Å²) in [5.41, 5.74) is 2.96. The Morgan fingerprint density at radius 2 is 2.18 bits per heavy atom. The first kappa shape index (κ1) is 14.2. The van der Waals surface area contributed by atoms with Crippen molar-refractivity contribution in [2.24, 2.45) is 0 Å². The largest absolute Gasteiger partial charge is 0.312 e. The van der Waals surface area contributed by atoms with Crippen LogP contribution in [-0.2, 0) is 13.0 Å². The third-order valence-corrected chi connectivity index (χ3v) is 3.34. The molecule has 5 nitrogen and oxygen atoms in total. The second kappa shape index (κ2) is 6.33. The van der Waals surface area contributed by atoms with Gasteiger partial charge >= 0.3 is 0 Å². The number of hydrogen-bond donors (Lipinski definition) is 1. The fourth-order valence-corrected chi connectivity index (χ4v) is 2.24. The molecule has 1 aromatic carbocycles. The van der Waals surface area contributed by atoms with E-state index in [1.807, 2.05) is 12.3 Å². The van der Waals surface area contributed by atoms with Gasteiger partial charge in [0.2, 0.25) is 0 Å². The van der Waals surface area contributed by atoms with Crippen LogP contribution in [0.25, 0.3) is 5.65 Å². The highest BCUT2D eigenvalue weighted by atomic mass is 19.1. The summed E-state index contributed by atoms with van der Waals surface area (Å²) in [7, 11) is 0. The quantitative estimate of drug-likeness (QED) is 0.732. The number of halogens is 1. The number of nitrogens with one attached hydrogen (secondary N) is 1. The van der Waals surface area contributed by atoms with Crippen molar-refractivity contribution in [1.82, 2.24) is 19.9 Å². The fourth-order valence-electron chi connectivity index (χ4n) is 2.24. The summed E-state index contributed by atoms with van der Waals surface area (Å²) < 4.78 is 14.7. The molecule has 6 heteroatoms. The van der Waals surface area contributed by atoms with Gasteiger partial charge in [0.1, 0.15) is 17.4 Å². The molecule has 0 aliphatic rings. The van der Waals surface area contributed by atoms with Gasteiger partial charge in [-0.2, -0.15) is 10.4 Å². The molecule has 0 saturated carbocycles. The predicted molar refractivity (Wildman–Crippen MR) is 79.5 cm³/mol. The highest BCUT2D eigenvalue weighted by Crippen LogP contribution is 2.07. The van der Waals surface area contributed by atoms with Crippen molar-refractivity contribution in [2.45, 2.75) is 13.0 Å². The molecule has 3 aromatic rings. The van der Waals surface area contributed by atoms with Crippen LogP contribution in [0.3, 0.4) is 0 Å². The van der Waals surface area contributed by atoms with Gasteiger partial charge in [0, 0.05) is 24.5 Å². The van der Waals surface area contributed by atoms with Crippen molar-refractivity contribution in [3.63, 3.8) is 0 Å². The Labute approximate surface area is 127 Å². The molecule has 3 rings (SSSR count). The lowest BCUT2D eigenvalue weighted by Crippen LogP contribution is -2.17. The second-order valence-electron chi connectivity index (χ2n) is 4.96. The lowest BCUT2D eigenvalue weighted by atomic mass is 10.1. The van der Waals surface area contributed by atoms with E-state index in [1.165, 1.54) is 12.3 Å². The van der Waals surface area contributed by atoms with E-state index < -0.39 is 0 Å². The Kier molecular flexibility index (Phi) is 4.08. The van der Waals surface area contributed by atoms with E-state index in [0.717, 1.165) is 24.1 Å². The third kappa shape index (κ3) is 3.10. The molecule has 0 bridgehead atoms. The van der Waals surface area contributed by atoms with Crippen molar-refractivity contribution in [3.05, 3.63) is 65.4 Å². The Balaban J connectivity index is 1.57. The van der Waals surface area contributed by atoms with Crippen LogP contribution in [0.15, 0.2) is 42.9 Å². The zero-order valence-corrected chi connectivity index (χ0v) is 11.8. The highest BCUT2D eigenvalue weighted by molar-refractivity contribution is 5.53. The molecule has 2 heterocycles. The maximum absolute atomic E-state index is 13.1. The van der Waals surface area contributed by atoms with Crippen molar-refractivity contribution < 1.29 is 4.39 Å². The molecular formula is C16H14FN5. The normalized spacial score (nSPS) is 10.7. The van der Waals surface area contributed by atoms with Crippen LogP contribution in [0.5, 0.6) is 0 Å². The number of fused-ring (bicyclic) bond motifs is 1. The fraction of sp³-hybridized carbons (Fsp3) is 0.188. The summed E-state index contributed by atoms with van der Waals surface area (Å²) >= 11 is 0. The molecule has 0 atom stereocenters. The Bertz CT molecular complexity index is 834. The average molecular weight is 295 g/mol. The number of nitriles is 1. The van der Waals surface area contributed by atoms with Gasteiger partial charge in [-0.3, -0.25) is 0 Å². The number of nitrogens with zero attached hydrogens (tertiary/aromatic N) is 4. The van der Waals surface area contributed by atoms with Crippen LogP contribution in [-0.4, -0.2) is 21.1 Å². The van der Waals surface area contributed by atoms with Gasteiger partial charge in [0.25, 0.3) is 0 Å². The zero-order chi connectivity index (χ0) is 15.4. The Hall–Kier alpha value is -2.78. The monoisotopic (exact) mass is 295 g/mol. The molecule has 1 N–H and O–H groups in total.